The van der Waals surface area contributed by atoms with Gasteiger partial charge < -0.3 is 34.2 Å². The van der Waals surface area contributed by atoms with Gasteiger partial charge in [0.1, 0.15) is 16.9 Å². The highest BCUT2D eigenvalue weighted by Crippen LogP contribution is 2.20. The van der Waals surface area contributed by atoms with E-state index in [9.17, 15) is 14.4 Å². The van der Waals surface area contributed by atoms with Gasteiger partial charge in [-0.05, 0) is 48.0 Å². The number of morpholine rings is 1. The van der Waals surface area contributed by atoms with Gasteiger partial charge in [0.15, 0.2) is 5.58 Å². The van der Waals surface area contributed by atoms with Crippen LogP contribution in [0.25, 0.3) is 23.3 Å². The first-order valence-corrected chi connectivity index (χ1v) is 15.0. The van der Waals surface area contributed by atoms with E-state index < -0.39 is 0 Å². The van der Waals surface area contributed by atoms with Crippen LogP contribution in [0.15, 0.2) is 77.5 Å². The second-order valence-corrected chi connectivity index (χ2v) is 11.0. The Bertz CT molecular complexity index is 1860. The molecule has 1 saturated heterocycles. The maximum absolute atomic E-state index is 13.1. The zero-order valence-corrected chi connectivity index (χ0v) is 25.7. The normalized spacial score (nSPS) is 13.7. The number of aromatic nitrogens is 3. The minimum Gasteiger partial charge on any atom is -0.437 e. The Kier molecular flexibility index (Phi) is 9.08. The van der Waals surface area contributed by atoms with Crippen LogP contribution in [0.2, 0.25) is 0 Å². The molecule has 12 heteroatoms. The first-order valence-electron chi connectivity index (χ1n) is 15.0. The fourth-order valence-corrected chi connectivity index (χ4v) is 5.23. The Labute approximate surface area is 265 Å². The zero-order valence-electron chi connectivity index (χ0n) is 25.7. The molecule has 0 saturated carbocycles. The number of amides is 3. The van der Waals surface area contributed by atoms with Crippen LogP contribution in [0.3, 0.4) is 0 Å². The highest BCUT2D eigenvalue weighted by atomic mass is 16.5. The smallest absolute Gasteiger partial charge is 0.272 e. The van der Waals surface area contributed by atoms with Gasteiger partial charge in [-0.2, -0.15) is 0 Å². The van der Waals surface area contributed by atoms with Crippen LogP contribution in [0.5, 0.6) is 0 Å². The molecule has 2 aromatic carbocycles. The summed E-state index contributed by atoms with van der Waals surface area (Å²) >= 11 is 0. The molecule has 3 amide bonds. The Balaban J connectivity index is 1.02. The third kappa shape index (κ3) is 7.25. The Hall–Kier alpha value is -5.46. The summed E-state index contributed by atoms with van der Waals surface area (Å²) in [6.45, 7) is 4.40. The number of benzene rings is 2. The van der Waals surface area contributed by atoms with Crippen molar-refractivity contribution in [1.82, 2.24) is 24.3 Å². The summed E-state index contributed by atoms with van der Waals surface area (Å²) < 4.78 is 14.4. The van der Waals surface area contributed by atoms with Crippen molar-refractivity contribution in [1.29, 1.82) is 0 Å². The molecule has 46 heavy (non-hydrogen) atoms. The van der Waals surface area contributed by atoms with E-state index in [1.807, 2.05) is 42.5 Å². The number of ether oxygens (including phenoxy) is 1. The topological polar surface area (TPSA) is 136 Å². The van der Waals surface area contributed by atoms with Gasteiger partial charge in [-0.3, -0.25) is 19.3 Å². The number of nitrogens with one attached hydrogen (secondary N) is 3. The molecule has 1 aliphatic rings. The van der Waals surface area contributed by atoms with Crippen molar-refractivity contribution in [3.63, 3.8) is 0 Å². The first-order chi connectivity index (χ1) is 22.3. The highest BCUT2D eigenvalue weighted by Gasteiger charge is 2.18. The largest absolute Gasteiger partial charge is 0.437 e. The summed E-state index contributed by atoms with van der Waals surface area (Å²) in [6.07, 6.45) is 7.00. The van der Waals surface area contributed by atoms with E-state index >= 15 is 0 Å². The van der Waals surface area contributed by atoms with Gasteiger partial charge in [-0.1, -0.05) is 24.3 Å². The molecule has 3 N–H and O–H groups in total. The average Bonchev–Trinajstić information content (AvgIpc) is 3.76. The van der Waals surface area contributed by atoms with Gasteiger partial charge in [0.2, 0.25) is 5.89 Å². The first kappa shape index (κ1) is 30.6. The molecule has 0 atom stereocenters. The number of rotatable bonds is 10. The number of para-hydroxylation sites is 2. The van der Waals surface area contributed by atoms with E-state index in [4.69, 9.17) is 9.15 Å². The fourth-order valence-electron chi connectivity index (χ4n) is 5.23. The maximum Gasteiger partial charge on any atom is 0.272 e. The van der Waals surface area contributed by atoms with Crippen LogP contribution >= 0.6 is 0 Å². The van der Waals surface area contributed by atoms with E-state index in [1.165, 1.54) is 0 Å². The lowest BCUT2D eigenvalue weighted by molar-refractivity contribution is 0.0383. The fraction of sp³-hybridized carbons (Fsp3) is 0.235. The molecule has 0 radical (unpaired) electrons. The minimum absolute atomic E-state index is 0.215. The van der Waals surface area contributed by atoms with Crippen molar-refractivity contribution in [2.75, 3.05) is 50.0 Å². The van der Waals surface area contributed by atoms with Crippen molar-refractivity contribution in [2.24, 2.45) is 14.1 Å². The monoisotopic (exact) mass is 621 g/mol. The van der Waals surface area contributed by atoms with Crippen LogP contribution in [0.1, 0.15) is 42.8 Å². The maximum atomic E-state index is 13.1. The Morgan fingerprint density at radius 2 is 1.48 bits per heavy atom. The van der Waals surface area contributed by atoms with Gasteiger partial charge in [0.05, 0.1) is 24.6 Å². The summed E-state index contributed by atoms with van der Waals surface area (Å²) in [6, 6.07) is 17.9. The van der Waals surface area contributed by atoms with Gasteiger partial charge in [0.25, 0.3) is 17.7 Å². The summed E-state index contributed by atoms with van der Waals surface area (Å²) in [7, 11) is 3.48. The average molecular weight is 622 g/mol. The van der Waals surface area contributed by atoms with Crippen molar-refractivity contribution >= 4 is 52.3 Å². The molecular weight excluding hydrogens is 586 g/mol. The number of carbonyl (C=O) groups excluding carboxylic acids is 3. The predicted molar refractivity (Wildman–Crippen MR) is 176 cm³/mol. The number of nitrogens with zero attached hydrogens (tertiary/aromatic N) is 4. The Morgan fingerprint density at radius 3 is 2.17 bits per heavy atom. The lowest BCUT2D eigenvalue weighted by Gasteiger charge is -2.26. The van der Waals surface area contributed by atoms with Crippen molar-refractivity contribution < 1.29 is 23.5 Å². The van der Waals surface area contributed by atoms with E-state index in [1.54, 1.807) is 66.0 Å². The third-order valence-electron chi connectivity index (χ3n) is 7.71. The highest BCUT2D eigenvalue weighted by molar-refractivity contribution is 6.07. The number of anilines is 2. The van der Waals surface area contributed by atoms with Crippen molar-refractivity contribution in [2.45, 2.75) is 0 Å². The summed E-state index contributed by atoms with van der Waals surface area (Å²) in [5.74, 6) is -0.394. The molecule has 0 bridgehead atoms. The van der Waals surface area contributed by atoms with E-state index in [0.717, 1.165) is 36.3 Å². The molecular formula is C34H35N7O5. The lowest BCUT2D eigenvalue weighted by atomic mass is 10.1. The second-order valence-electron chi connectivity index (χ2n) is 11.0. The molecule has 12 nitrogen and oxygen atoms in total. The van der Waals surface area contributed by atoms with E-state index in [2.05, 4.69) is 25.8 Å². The molecule has 0 aliphatic carbocycles. The number of hydrogen-bond acceptors (Lipinski definition) is 7. The van der Waals surface area contributed by atoms with Crippen molar-refractivity contribution in [3.05, 3.63) is 101 Å². The van der Waals surface area contributed by atoms with Crippen molar-refractivity contribution in [3.8, 4) is 0 Å². The van der Waals surface area contributed by atoms with Crippen LogP contribution in [0.4, 0.5) is 11.4 Å². The summed E-state index contributed by atoms with van der Waals surface area (Å²) in [5, 5.41) is 8.64. The quantitative estimate of drug-likeness (QED) is 0.212. The molecule has 0 unspecified atom stereocenters. The summed E-state index contributed by atoms with van der Waals surface area (Å²) in [5.41, 5.74) is 4.61. The standard InChI is InChI=1S/C34H35N7O5/c1-39-22-26(19-28(39)33(43)35-13-14-41-15-17-45-18-16-41)37-34(44)29-20-25(21-40(29)2)36-32(42)24-10-7-23(8-11-24)9-12-31-38-27-5-3-4-6-30(27)46-31/h3-12,19-22H,13-18H2,1-2H3,(H,35,43)(H,36,42)(H,37,44)/b12-9+. The number of fused-ring (bicyclic) bond motifs is 1. The molecule has 0 spiro atoms. The molecule has 4 heterocycles. The minimum atomic E-state index is -0.372. The SMILES string of the molecule is Cn1cc(NC(=O)c2cc(NC(=O)c3ccc(/C=C/c4nc5ccccc5o4)cc3)cn2C)cc1C(=O)NCCN1CCOCC1. The van der Waals surface area contributed by atoms with Gasteiger partial charge in [0, 0.05) is 64.3 Å². The molecule has 1 aliphatic heterocycles. The van der Waals surface area contributed by atoms with Crippen LogP contribution in [0, 0.1) is 0 Å². The molecule has 3 aromatic heterocycles. The number of oxazole rings is 1. The van der Waals surface area contributed by atoms with Crippen LogP contribution in [-0.4, -0.2) is 76.1 Å². The molecule has 236 valence electrons. The van der Waals surface area contributed by atoms with Gasteiger partial charge in [-0.25, -0.2) is 4.98 Å². The van der Waals surface area contributed by atoms with Crippen LogP contribution < -0.4 is 16.0 Å². The van der Waals surface area contributed by atoms with E-state index in [0.29, 0.717) is 54.0 Å². The number of hydrogen-bond donors (Lipinski definition) is 3. The predicted octanol–water partition coefficient (Wildman–Crippen LogP) is 4.24. The Morgan fingerprint density at radius 1 is 0.826 bits per heavy atom. The third-order valence-corrected chi connectivity index (χ3v) is 7.71. The van der Waals surface area contributed by atoms with Gasteiger partial charge in [-0.15, -0.1) is 0 Å². The van der Waals surface area contributed by atoms with E-state index in [-0.39, 0.29) is 17.7 Å². The number of carbonyl (C=O) groups is 3. The molecule has 1 fully saturated rings. The lowest BCUT2D eigenvalue weighted by Crippen LogP contribution is -2.41. The zero-order chi connectivity index (χ0) is 32.0. The molecule has 6 rings (SSSR count). The molecule has 5 aromatic rings. The second kappa shape index (κ2) is 13.7. The number of aryl methyl sites for hydroxylation is 2. The van der Waals surface area contributed by atoms with Crippen LogP contribution in [-0.2, 0) is 18.8 Å². The summed E-state index contributed by atoms with van der Waals surface area (Å²) in [4.78, 5) is 45.5. The van der Waals surface area contributed by atoms with Gasteiger partial charge >= 0.3 is 0 Å².